The van der Waals surface area contributed by atoms with E-state index in [1.807, 2.05) is 0 Å². The monoisotopic (exact) mass is 359 g/mol. The maximum atomic E-state index is 12.0. The fourth-order valence-electron chi connectivity index (χ4n) is 2.19. The highest BCUT2D eigenvalue weighted by molar-refractivity contribution is 5.95. The topological polar surface area (TPSA) is 112 Å². The second-order valence-electron chi connectivity index (χ2n) is 4.93. The molecule has 0 saturated carbocycles. The van der Waals surface area contributed by atoms with E-state index in [9.17, 15) is 14.9 Å². The first kappa shape index (κ1) is 18.7. The van der Waals surface area contributed by atoms with Crippen LogP contribution < -0.4 is 19.6 Å². The van der Waals surface area contributed by atoms with E-state index in [4.69, 9.17) is 14.2 Å². The Morgan fingerprint density at radius 3 is 2.23 bits per heavy atom. The van der Waals surface area contributed by atoms with Crippen molar-refractivity contribution >= 4 is 17.8 Å². The van der Waals surface area contributed by atoms with Crippen LogP contribution in [0.15, 0.2) is 41.5 Å². The number of carbonyl (C=O) groups excluding carboxylic acids is 1. The summed E-state index contributed by atoms with van der Waals surface area (Å²) in [6, 6.07) is 8.56. The Morgan fingerprint density at radius 1 is 1.04 bits per heavy atom. The Morgan fingerprint density at radius 2 is 1.69 bits per heavy atom. The maximum absolute atomic E-state index is 12.0. The molecule has 0 spiro atoms. The molecule has 0 unspecified atom stereocenters. The molecular weight excluding hydrogens is 342 g/mol. The van der Waals surface area contributed by atoms with Crippen LogP contribution in [-0.2, 0) is 0 Å². The lowest BCUT2D eigenvalue weighted by molar-refractivity contribution is -0.384. The van der Waals surface area contributed by atoms with Crippen LogP contribution in [0.3, 0.4) is 0 Å². The molecule has 0 aromatic heterocycles. The quantitative estimate of drug-likeness (QED) is 0.461. The number of nitro groups is 1. The van der Waals surface area contributed by atoms with Gasteiger partial charge in [0.05, 0.1) is 32.5 Å². The lowest BCUT2D eigenvalue weighted by atomic mass is 10.2. The predicted molar refractivity (Wildman–Crippen MR) is 94.3 cm³/mol. The van der Waals surface area contributed by atoms with E-state index < -0.39 is 10.8 Å². The molecule has 9 heteroatoms. The molecule has 0 radical (unpaired) electrons. The Balaban J connectivity index is 2.15. The minimum absolute atomic E-state index is 0.0971. The summed E-state index contributed by atoms with van der Waals surface area (Å²) < 4.78 is 15.8. The summed E-state index contributed by atoms with van der Waals surface area (Å²) >= 11 is 0. The molecule has 136 valence electrons. The summed E-state index contributed by atoms with van der Waals surface area (Å²) in [5, 5.41) is 14.5. The zero-order chi connectivity index (χ0) is 19.1. The van der Waals surface area contributed by atoms with Gasteiger partial charge in [0.2, 0.25) is 5.75 Å². The third-order valence-electron chi connectivity index (χ3n) is 3.44. The number of rotatable bonds is 7. The molecule has 2 aromatic carbocycles. The van der Waals surface area contributed by atoms with Crippen molar-refractivity contribution in [1.82, 2.24) is 5.43 Å². The molecule has 9 nitrogen and oxygen atoms in total. The number of nitrogens with one attached hydrogen (secondary N) is 1. The number of non-ortho nitro benzene ring substituents is 1. The Hall–Kier alpha value is -3.62. The van der Waals surface area contributed by atoms with E-state index >= 15 is 0 Å². The highest BCUT2D eigenvalue weighted by Gasteiger charge is 2.15. The number of benzene rings is 2. The van der Waals surface area contributed by atoms with Crippen LogP contribution in [-0.4, -0.2) is 38.4 Å². The maximum Gasteiger partial charge on any atom is 0.271 e. The number of nitrogens with zero attached hydrogens (tertiary/aromatic N) is 2. The molecule has 0 aliphatic carbocycles. The number of hydrogen-bond acceptors (Lipinski definition) is 7. The molecule has 1 amide bonds. The molecule has 0 heterocycles. The fraction of sp³-hybridized carbons (Fsp3) is 0.176. The normalized spacial score (nSPS) is 10.4. The zero-order valence-electron chi connectivity index (χ0n) is 14.4. The lowest BCUT2D eigenvalue weighted by Gasteiger charge is -2.13. The van der Waals surface area contributed by atoms with E-state index in [2.05, 4.69) is 10.5 Å². The van der Waals surface area contributed by atoms with Gasteiger partial charge in [-0.3, -0.25) is 14.9 Å². The minimum atomic E-state index is -0.539. The van der Waals surface area contributed by atoms with Crippen LogP contribution in [0.1, 0.15) is 15.9 Å². The summed E-state index contributed by atoms with van der Waals surface area (Å²) in [5.74, 6) is 0.799. The van der Waals surface area contributed by atoms with Crippen LogP contribution in [0.25, 0.3) is 0 Å². The van der Waals surface area contributed by atoms with Crippen LogP contribution in [0, 0.1) is 10.1 Å². The third kappa shape index (κ3) is 4.07. The van der Waals surface area contributed by atoms with Crippen molar-refractivity contribution in [2.45, 2.75) is 0 Å². The van der Waals surface area contributed by atoms with Gasteiger partial charge in [0.1, 0.15) is 0 Å². The Labute approximate surface area is 149 Å². The highest BCUT2D eigenvalue weighted by Crippen LogP contribution is 2.38. The first-order valence-electron chi connectivity index (χ1n) is 7.38. The molecule has 1 N–H and O–H groups in total. The van der Waals surface area contributed by atoms with Crippen LogP contribution >= 0.6 is 0 Å². The van der Waals surface area contributed by atoms with Crippen molar-refractivity contribution in [3.05, 3.63) is 57.6 Å². The summed E-state index contributed by atoms with van der Waals surface area (Å²) in [5.41, 5.74) is 3.06. The van der Waals surface area contributed by atoms with Gasteiger partial charge in [-0.25, -0.2) is 5.43 Å². The largest absolute Gasteiger partial charge is 0.493 e. The van der Waals surface area contributed by atoms with Crippen molar-refractivity contribution in [2.24, 2.45) is 5.10 Å². The number of hydrazone groups is 1. The van der Waals surface area contributed by atoms with Gasteiger partial charge in [0.15, 0.2) is 11.5 Å². The summed E-state index contributed by atoms with van der Waals surface area (Å²) in [6.45, 7) is 0. The van der Waals surface area contributed by atoms with E-state index in [1.165, 1.54) is 51.8 Å². The average Bonchev–Trinajstić information content (AvgIpc) is 2.67. The summed E-state index contributed by atoms with van der Waals surface area (Å²) in [4.78, 5) is 22.1. The summed E-state index contributed by atoms with van der Waals surface area (Å²) in [6.07, 6.45) is 1.39. The number of carbonyl (C=O) groups is 1. The van der Waals surface area contributed by atoms with Gasteiger partial charge in [-0.2, -0.15) is 5.10 Å². The van der Waals surface area contributed by atoms with Gasteiger partial charge in [-0.15, -0.1) is 0 Å². The van der Waals surface area contributed by atoms with Gasteiger partial charge < -0.3 is 14.2 Å². The second-order valence-corrected chi connectivity index (χ2v) is 4.93. The first-order chi connectivity index (χ1) is 12.5. The number of methoxy groups -OCH3 is 3. The molecule has 26 heavy (non-hydrogen) atoms. The smallest absolute Gasteiger partial charge is 0.271 e. The van der Waals surface area contributed by atoms with Crippen molar-refractivity contribution < 1.29 is 23.9 Å². The lowest BCUT2D eigenvalue weighted by Crippen LogP contribution is -2.17. The standard InChI is InChI=1S/C17H17N3O6/c1-24-14-9-6-12(15(25-2)16(14)26-3)10-18-19-17(21)11-4-7-13(8-5-11)20(22)23/h4-10H,1-3H3,(H,19,21)/b18-10-. The predicted octanol–water partition coefficient (Wildman–Crippen LogP) is 2.38. The second kappa shape index (κ2) is 8.47. The molecular formula is C17H17N3O6. The molecule has 0 saturated heterocycles. The van der Waals surface area contributed by atoms with E-state index in [0.717, 1.165) is 0 Å². The minimum Gasteiger partial charge on any atom is -0.493 e. The fourth-order valence-corrected chi connectivity index (χ4v) is 2.19. The SMILES string of the molecule is COc1ccc(/C=N\NC(=O)c2ccc([N+](=O)[O-])cc2)c(OC)c1OC. The molecule has 2 aromatic rings. The number of hydrogen-bond donors (Lipinski definition) is 1. The van der Waals surface area contributed by atoms with Gasteiger partial charge >= 0.3 is 0 Å². The Bertz CT molecular complexity index is 833. The number of ether oxygens (including phenoxy) is 3. The number of nitro benzene ring substituents is 1. The first-order valence-corrected chi connectivity index (χ1v) is 7.38. The van der Waals surface area contributed by atoms with Crippen molar-refractivity contribution in [3.8, 4) is 17.2 Å². The average molecular weight is 359 g/mol. The molecule has 0 fully saturated rings. The van der Waals surface area contributed by atoms with E-state index in [-0.39, 0.29) is 11.3 Å². The molecule has 2 rings (SSSR count). The van der Waals surface area contributed by atoms with Crippen molar-refractivity contribution in [2.75, 3.05) is 21.3 Å². The molecule has 0 bridgehead atoms. The van der Waals surface area contributed by atoms with Gasteiger partial charge in [-0.05, 0) is 24.3 Å². The van der Waals surface area contributed by atoms with Crippen LogP contribution in [0.4, 0.5) is 5.69 Å². The Kier molecular flexibility index (Phi) is 6.10. The molecule has 0 aliphatic rings. The summed E-state index contributed by atoms with van der Waals surface area (Å²) in [7, 11) is 4.47. The molecule has 0 aliphatic heterocycles. The molecule has 0 atom stereocenters. The van der Waals surface area contributed by atoms with Gasteiger partial charge in [-0.1, -0.05) is 0 Å². The third-order valence-corrected chi connectivity index (χ3v) is 3.44. The van der Waals surface area contributed by atoms with Crippen LogP contribution in [0.5, 0.6) is 17.2 Å². The van der Waals surface area contributed by atoms with Gasteiger partial charge in [0, 0.05) is 23.3 Å². The van der Waals surface area contributed by atoms with E-state index in [0.29, 0.717) is 22.8 Å². The van der Waals surface area contributed by atoms with Crippen LogP contribution in [0.2, 0.25) is 0 Å². The van der Waals surface area contributed by atoms with Crippen molar-refractivity contribution in [3.63, 3.8) is 0 Å². The highest BCUT2D eigenvalue weighted by atomic mass is 16.6. The number of amides is 1. The van der Waals surface area contributed by atoms with E-state index in [1.54, 1.807) is 12.1 Å². The zero-order valence-corrected chi connectivity index (χ0v) is 14.4. The van der Waals surface area contributed by atoms with Crippen molar-refractivity contribution in [1.29, 1.82) is 0 Å². The van der Waals surface area contributed by atoms with Gasteiger partial charge in [0.25, 0.3) is 11.6 Å².